The first-order valence-electron chi connectivity index (χ1n) is 8.13. The number of ether oxygens (including phenoxy) is 3. The lowest BCUT2D eigenvalue weighted by Gasteiger charge is -2.15. The number of carbonyl (C=O) groups is 2. The highest BCUT2D eigenvalue weighted by molar-refractivity contribution is 6.31. The fourth-order valence-electron chi connectivity index (χ4n) is 2.17. The van der Waals surface area contributed by atoms with Crippen molar-refractivity contribution in [3.63, 3.8) is 0 Å². The van der Waals surface area contributed by atoms with Gasteiger partial charge in [0.1, 0.15) is 5.82 Å². The molecule has 0 radical (unpaired) electrons. The van der Waals surface area contributed by atoms with Crippen molar-refractivity contribution >= 4 is 29.2 Å². The fourth-order valence-corrected chi connectivity index (χ4v) is 2.35. The van der Waals surface area contributed by atoms with E-state index in [1.54, 1.807) is 13.0 Å². The average Bonchev–Trinajstić information content (AvgIpc) is 2.64. The van der Waals surface area contributed by atoms with E-state index in [0.717, 1.165) is 6.07 Å². The monoisotopic (exact) mass is 395 g/mol. The molecule has 0 heterocycles. The third kappa shape index (κ3) is 5.34. The van der Waals surface area contributed by atoms with Crippen LogP contribution in [0, 0.1) is 5.82 Å². The zero-order chi connectivity index (χ0) is 20.0. The van der Waals surface area contributed by atoms with Gasteiger partial charge in [-0.05, 0) is 50.2 Å². The molecule has 27 heavy (non-hydrogen) atoms. The normalized spacial score (nSPS) is 11.4. The molecule has 0 aromatic heterocycles. The van der Waals surface area contributed by atoms with Crippen molar-refractivity contribution in [2.45, 2.75) is 20.0 Å². The predicted octanol–water partition coefficient (Wildman–Crippen LogP) is 4.07. The van der Waals surface area contributed by atoms with Crippen molar-refractivity contribution in [1.82, 2.24) is 0 Å². The quantitative estimate of drug-likeness (QED) is 0.715. The van der Waals surface area contributed by atoms with Crippen LogP contribution in [0.15, 0.2) is 36.4 Å². The largest absolute Gasteiger partial charge is 0.493 e. The van der Waals surface area contributed by atoms with Gasteiger partial charge in [0, 0.05) is 5.69 Å². The van der Waals surface area contributed by atoms with Gasteiger partial charge < -0.3 is 19.5 Å². The van der Waals surface area contributed by atoms with Crippen molar-refractivity contribution in [3.05, 3.63) is 52.8 Å². The molecule has 0 aliphatic carbocycles. The zero-order valence-corrected chi connectivity index (χ0v) is 15.8. The summed E-state index contributed by atoms with van der Waals surface area (Å²) in [4.78, 5) is 24.5. The van der Waals surface area contributed by atoms with E-state index in [-0.39, 0.29) is 16.3 Å². The lowest BCUT2D eigenvalue weighted by molar-refractivity contribution is -0.123. The maximum Gasteiger partial charge on any atom is 0.339 e. The molecule has 0 fully saturated rings. The van der Waals surface area contributed by atoms with Crippen molar-refractivity contribution in [2.24, 2.45) is 0 Å². The Kier molecular flexibility index (Phi) is 7.01. The molecule has 1 atom stereocenters. The Morgan fingerprint density at radius 3 is 2.56 bits per heavy atom. The standard InChI is InChI=1S/C19H19ClFNO5/c1-4-26-17-9-12(5-8-16(17)25-3)19(24)27-11(2)18(23)22-13-6-7-15(21)14(20)10-13/h5-11H,4H2,1-3H3,(H,22,23)/t11-/m1/s1. The third-order valence-corrected chi connectivity index (χ3v) is 3.83. The Labute approximate surface area is 161 Å². The minimum Gasteiger partial charge on any atom is -0.493 e. The van der Waals surface area contributed by atoms with Crippen LogP contribution in [0.5, 0.6) is 11.5 Å². The molecule has 0 unspecified atom stereocenters. The van der Waals surface area contributed by atoms with Crippen molar-refractivity contribution in [3.8, 4) is 11.5 Å². The number of benzene rings is 2. The second-order valence-corrected chi connectivity index (χ2v) is 5.87. The molecule has 144 valence electrons. The number of anilines is 1. The van der Waals surface area contributed by atoms with Crippen LogP contribution in [-0.2, 0) is 9.53 Å². The fraction of sp³-hybridized carbons (Fsp3) is 0.263. The van der Waals surface area contributed by atoms with Crippen LogP contribution in [0.2, 0.25) is 5.02 Å². The number of hydrogen-bond acceptors (Lipinski definition) is 5. The molecular formula is C19H19ClFNO5. The van der Waals surface area contributed by atoms with Crippen LogP contribution in [0.3, 0.4) is 0 Å². The van der Waals surface area contributed by atoms with E-state index in [1.165, 1.54) is 38.3 Å². The van der Waals surface area contributed by atoms with Gasteiger partial charge in [-0.2, -0.15) is 0 Å². The molecule has 0 saturated carbocycles. The molecule has 8 heteroatoms. The Bertz CT molecular complexity index is 843. The van der Waals surface area contributed by atoms with Gasteiger partial charge in [0.2, 0.25) is 0 Å². The Hall–Kier alpha value is -2.80. The second kappa shape index (κ2) is 9.23. The molecule has 0 spiro atoms. The third-order valence-electron chi connectivity index (χ3n) is 3.54. The highest BCUT2D eigenvalue weighted by atomic mass is 35.5. The lowest BCUT2D eigenvalue weighted by atomic mass is 10.2. The van der Waals surface area contributed by atoms with Crippen LogP contribution in [-0.4, -0.2) is 31.7 Å². The van der Waals surface area contributed by atoms with Gasteiger partial charge in [0.05, 0.1) is 24.3 Å². The summed E-state index contributed by atoms with van der Waals surface area (Å²) in [6.07, 6.45) is -1.08. The number of rotatable bonds is 7. The van der Waals surface area contributed by atoms with Gasteiger partial charge in [0.15, 0.2) is 17.6 Å². The first-order valence-corrected chi connectivity index (χ1v) is 8.51. The molecule has 1 N–H and O–H groups in total. The van der Waals surface area contributed by atoms with Crippen LogP contribution in [0.4, 0.5) is 10.1 Å². The Morgan fingerprint density at radius 1 is 1.19 bits per heavy atom. The van der Waals surface area contributed by atoms with E-state index in [0.29, 0.717) is 18.1 Å². The van der Waals surface area contributed by atoms with Crippen molar-refractivity contribution in [1.29, 1.82) is 0 Å². The lowest BCUT2D eigenvalue weighted by Crippen LogP contribution is -2.30. The van der Waals surface area contributed by atoms with Gasteiger partial charge in [-0.3, -0.25) is 4.79 Å². The highest BCUT2D eigenvalue weighted by Gasteiger charge is 2.20. The first kappa shape index (κ1) is 20.5. The molecule has 2 aromatic rings. The van der Waals surface area contributed by atoms with Gasteiger partial charge in [0.25, 0.3) is 5.91 Å². The number of amides is 1. The molecule has 1 amide bonds. The molecule has 6 nitrogen and oxygen atoms in total. The van der Waals surface area contributed by atoms with Crippen molar-refractivity contribution < 1.29 is 28.2 Å². The highest BCUT2D eigenvalue weighted by Crippen LogP contribution is 2.28. The molecular weight excluding hydrogens is 377 g/mol. The summed E-state index contributed by atoms with van der Waals surface area (Å²) in [5.74, 6) is -0.999. The van der Waals surface area contributed by atoms with Gasteiger partial charge in [-0.25, -0.2) is 9.18 Å². The van der Waals surface area contributed by atoms with Crippen LogP contribution in [0.1, 0.15) is 24.2 Å². The summed E-state index contributed by atoms with van der Waals surface area (Å²) in [6.45, 7) is 3.62. The van der Waals surface area contributed by atoms with E-state index < -0.39 is 23.8 Å². The van der Waals surface area contributed by atoms with Crippen LogP contribution >= 0.6 is 11.6 Å². The van der Waals surface area contributed by atoms with E-state index in [1.807, 2.05) is 0 Å². The smallest absolute Gasteiger partial charge is 0.339 e. The maximum atomic E-state index is 13.2. The summed E-state index contributed by atoms with van der Waals surface area (Å²) < 4.78 is 28.9. The molecule has 0 saturated heterocycles. The first-order chi connectivity index (χ1) is 12.8. The number of hydrogen-bond donors (Lipinski definition) is 1. The Morgan fingerprint density at radius 2 is 1.93 bits per heavy atom. The topological polar surface area (TPSA) is 73.9 Å². The van der Waals surface area contributed by atoms with Gasteiger partial charge in [-0.1, -0.05) is 11.6 Å². The molecule has 0 aliphatic heterocycles. The van der Waals surface area contributed by atoms with E-state index in [4.69, 9.17) is 25.8 Å². The minimum absolute atomic E-state index is 0.126. The number of methoxy groups -OCH3 is 1. The summed E-state index contributed by atoms with van der Waals surface area (Å²) in [7, 11) is 1.49. The van der Waals surface area contributed by atoms with Crippen LogP contribution < -0.4 is 14.8 Å². The average molecular weight is 396 g/mol. The summed E-state index contributed by atoms with van der Waals surface area (Å²) in [6, 6.07) is 8.31. The van der Waals surface area contributed by atoms with E-state index in [9.17, 15) is 14.0 Å². The van der Waals surface area contributed by atoms with E-state index in [2.05, 4.69) is 5.32 Å². The van der Waals surface area contributed by atoms with Gasteiger partial charge in [-0.15, -0.1) is 0 Å². The number of esters is 1. The van der Waals surface area contributed by atoms with Gasteiger partial charge >= 0.3 is 5.97 Å². The van der Waals surface area contributed by atoms with Crippen LogP contribution in [0.25, 0.3) is 0 Å². The molecule has 0 aliphatic rings. The summed E-state index contributed by atoms with van der Waals surface area (Å²) in [5, 5.41) is 2.38. The van der Waals surface area contributed by atoms with E-state index >= 15 is 0 Å². The maximum absolute atomic E-state index is 13.2. The SMILES string of the molecule is CCOc1cc(C(=O)O[C@H](C)C(=O)Nc2ccc(F)c(Cl)c2)ccc1OC. The summed E-state index contributed by atoms with van der Waals surface area (Å²) >= 11 is 5.67. The zero-order valence-electron chi connectivity index (χ0n) is 15.0. The number of nitrogens with one attached hydrogen (secondary N) is 1. The molecule has 0 bridgehead atoms. The van der Waals surface area contributed by atoms with Crippen molar-refractivity contribution in [2.75, 3.05) is 19.0 Å². The molecule has 2 aromatic carbocycles. The Balaban J connectivity index is 2.04. The summed E-state index contributed by atoms with van der Waals surface area (Å²) in [5.41, 5.74) is 0.501. The second-order valence-electron chi connectivity index (χ2n) is 5.46. The number of carbonyl (C=O) groups excluding carboxylic acids is 2. The minimum atomic E-state index is -1.08. The number of halogens is 2. The molecule has 2 rings (SSSR count). The predicted molar refractivity (Wildman–Crippen MR) is 99.1 cm³/mol.